The lowest BCUT2D eigenvalue weighted by molar-refractivity contribution is -0.384. The van der Waals surface area contributed by atoms with Crippen LogP contribution in [-0.2, 0) is 4.79 Å². The zero-order chi connectivity index (χ0) is 23.9. The molecule has 1 heterocycles. The van der Waals surface area contributed by atoms with E-state index in [-0.39, 0.29) is 17.2 Å². The Morgan fingerprint density at radius 2 is 1.74 bits per heavy atom. The van der Waals surface area contributed by atoms with Crippen LogP contribution in [0.25, 0.3) is 0 Å². The van der Waals surface area contributed by atoms with E-state index >= 15 is 0 Å². The highest BCUT2D eigenvalue weighted by Gasteiger charge is 2.23. The number of nitro benzene ring substituents is 1. The topological polar surface area (TPSA) is 114 Å². The standard InChI is InChI=1S/C24H18N4O4S2/c29-22(17-7-4-8-19(15-17)28(31)32)26-18-9-11-20(12-10-18)34-21(16-5-2-1-3-6-16)23(30)27-24-25-13-14-33-24/h1-15,21H,(H,26,29)(H,25,27,30). The quantitative estimate of drug-likeness (QED) is 0.184. The highest BCUT2D eigenvalue weighted by atomic mass is 32.2. The van der Waals surface area contributed by atoms with Crippen molar-refractivity contribution in [1.29, 1.82) is 0 Å². The average Bonchev–Trinajstić information content (AvgIpc) is 3.37. The minimum Gasteiger partial charge on any atom is -0.322 e. The number of aromatic nitrogens is 1. The first-order valence-corrected chi connectivity index (χ1v) is 11.8. The number of hydrogen-bond donors (Lipinski definition) is 2. The summed E-state index contributed by atoms with van der Waals surface area (Å²) in [5, 5.41) is 18.3. The van der Waals surface area contributed by atoms with E-state index in [9.17, 15) is 19.7 Å². The van der Waals surface area contributed by atoms with Crippen molar-refractivity contribution < 1.29 is 14.5 Å². The van der Waals surface area contributed by atoms with Gasteiger partial charge >= 0.3 is 0 Å². The molecule has 0 bridgehead atoms. The summed E-state index contributed by atoms with van der Waals surface area (Å²) in [7, 11) is 0. The maximum absolute atomic E-state index is 13.0. The minimum atomic E-state index is -0.545. The van der Waals surface area contributed by atoms with Crippen LogP contribution in [0.2, 0.25) is 0 Å². The van der Waals surface area contributed by atoms with Crippen molar-refractivity contribution in [2.24, 2.45) is 0 Å². The molecular formula is C24H18N4O4S2. The summed E-state index contributed by atoms with van der Waals surface area (Å²) in [6, 6.07) is 22.0. The van der Waals surface area contributed by atoms with E-state index < -0.39 is 16.1 Å². The fraction of sp³-hybridized carbons (Fsp3) is 0.0417. The molecule has 0 aliphatic rings. The molecule has 2 N–H and O–H groups in total. The molecule has 4 aromatic rings. The van der Waals surface area contributed by atoms with Crippen LogP contribution in [0.3, 0.4) is 0 Å². The van der Waals surface area contributed by atoms with Crippen LogP contribution in [0.15, 0.2) is 95.3 Å². The number of hydrogen-bond acceptors (Lipinski definition) is 7. The second kappa shape index (κ2) is 10.7. The van der Waals surface area contributed by atoms with Crippen LogP contribution in [-0.4, -0.2) is 21.7 Å². The third-order valence-electron chi connectivity index (χ3n) is 4.69. The summed E-state index contributed by atoms with van der Waals surface area (Å²) < 4.78 is 0. The Labute approximate surface area is 203 Å². The number of nitro groups is 1. The number of benzene rings is 3. The summed E-state index contributed by atoms with van der Waals surface area (Å²) in [6.07, 6.45) is 1.63. The molecular weight excluding hydrogens is 472 g/mol. The summed E-state index contributed by atoms with van der Waals surface area (Å²) in [5.74, 6) is -0.636. The first-order valence-electron chi connectivity index (χ1n) is 10.1. The van der Waals surface area contributed by atoms with E-state index in [2.05, 4.69) is 15.6 Å². The molecule has 1 atom stereocenters. The number of non-ortho nitro benzene ring substituents is 1. The van der Waals surface area contributed by atoms with Gasteiger partial charge in [-0.25, -0.2) is 4.98 Å². The van der Waals surface area contributed by atoms with E-state index in [0.29, 0.717) is 10.8 Å². The summed E-state index contributed by atoms with van der Waals surface area (Å²) in [4.78, 5) is 40.8. The van der Waals surface area contributed by atoms with Crippen LogP contribution in [0.4, 0.5) is 16.5 Å². The van der Waals surface area contributed by atoms with Crippen LogP contribution in [0.1, 0.15) is 21.2 Å². The Morgan fingerprint density at radius 1 is 0.971 bits per heavy atom. The molecule has 1 unspecified atom stereocenters. The Bertz CT molecular complexity index is 1300. The number of carbonyl (C=O) groups excluding carboxylic acids is 2. The molecule has 0 aliphatic heterocycles. The second-order valence-corrected chi connectivity index (χ2v) is 9.09. The molecule has 0 spiro atoms. The van der Waals surface area contributed by atoms with Crippen molar-refractivity contribution in [1.82, 2.24) is 4.98 Å². The number of amides is 2. The van der Waals surface area contributed by atoms with Crippen LogP contribution >= 0.6 is 23.1 Å². The van der Waals surface area contributed by atoms with Crippen molar-refractivity contribution in [2.75, 3.05) is 10.6 Å². The molecule has 3 aromatic carbocycles. The van der Waals surface area contributed by atoms with Gasteiger partial charge in [-0.3, -0.25) is 19.7 Å². The van der Waals surface area contributed by atoms with Gasteiger partial charge in [0.05, 0.1) is 4.92 Å². The summed E-state index contributed by atoms with van der Waals surface area (Å²) in [5.41, 5.74) is 1.42. The SMILES string of the molecule is O=C(Nc1ccc(SC(C(=O)Nc2nccs2)c2ccccc2)cc1)c1cccc([N+](=O)[O-])c1. The molecule has 0 radical (unpaired) electrons. The zero-order valence-electron chi connectivity index (χ0n) is 17.6. The third kappa shape index (κ3) is 5.85. The number of thiazole rings is 1. The van der Waals surface area contributed by atoms with Gasteiger partial charge in [0.2, 0.25) is 5.91 Å². The number of anilines is 2. The molecule has 0 fully saturated rings. The predicted molar refractivity (Wildman–Crippen MR) is 133 cm³/mol. The largest absolute Gasteiger partial charge is 0.322 e. The molecule has 10 heteroatoms. The van der Waals surface area contributed by atoms with Crippen LogP contribution < -0.4 is 10.6 Å². The molecule has 0 saturated carbocycles. The van der Waals surface area contributed by atoms with Gasteiger partial charge in [-0.05, 0) is 35.9 Å². The number of thioether (sulfide) groups is 1. The number of nitrogens with one attached hydrogen (secondary N) is 2. The normalized spacial score (nSPS) is 11.4. The molecule has 1 aromatic heterocycles. The first-order chi connectivity index (χ1) is 16.5. The number of rotatable bonds is 8. The van der Waals surface area contributed by atoms with Crippen LogP contribution in [0, 0.1) is 10.1 Å². The Morgan fingerprint density at radius 3 is 2.41 bits per heavy atom. The summed E-state index contributed by atoms with van der Waals surface area (Å²) >= 11 is 2.73. The van der Waals surface area contributed by atoms with Gasteiger partial charge in [-0.2, -0.15) is 0 Å². The Balaban J connectivity index is 1.47. The zero-order valence-corrected chi connectivity index (χ0v) is 19.2. The molecule has 0 aliphatic carbocycles. The molecule has 2 amide bonds. The fourth-order valence-corrected chi connectivity index (χ4v) is 4.63. The average molecular weight is 491 g/mol. The smallest absolute Gasteiger partial charge is 0.270 e. The van der Waals surface area contributed by atoms with Crippen molar-refractivity contribution >= 4 is 51.4 Å². The van der Waals surface area contributed by atoms with E-state index in [1.807, 2.05) is 30.3 Å². The summed E-state index contributed by atoms with van der Waals surface area (Å²) in [6.45, 7) is 0. The van der Waals surface area contributed by atoms with Gasteiger partial charge in [0.15, 0.2) is 5.13 Å². The van der Waals surface area contributed by atoms with Gasteiger partial charge in [-0.1, -0.05) is 36.4 Å². The fourth-order valence-electron chi connectivity index (χ4n) is 3.07. The lowest BCUT2D eigenvalue weighted by Crippen LogP contribution is -2.18. The van der Waals surface area contributed by atoms with Crippen molar-refractivity contribution in [3.8, 4) is 0 Å². The van der Waals surface area contributed by atoms with Gasteiger partial charge in [0.25, 0.3) is 11.6 Å². The van der Waals surface area contributed by atoms with Crippen molar-refractivity contribution in [2.45, 2.75) is 10.1 Å². The van der Waals surface area contributed by atoms with E-state index in [4.69, 9.17) is 0 Å². The lowest BCUT2D eigenvalue weighted by atomic mass is 10.1. The van der Waals surface area contributed by atoms with Crippen LogP contribution in [0.5, 0.6) is 0 Å². The first kappa shape index (κ1) is 23.1. The minimum absolute atomic E-state index is 0.151. The highest BCUT2D eigenvalue weighted by molar-refractivity contribution is 8.00. The highest BCUT2D eigenvalue weighted by Crippen LogP contribution is 2.37. The van der Waals surface area contributed by atoms with E-state index in [1.54, 1.807) is 35.8 Å². The van der Waals surface area contributed by atoms with E-state index in [1.165, 1.54) is 47.4 Å². The van der Waals surface area contributed by atoms with Crippen molar-refractivity contribution in [3.63, 3.8) is 0 Å². The monoisotopic (exact) mass is 490 g/mol. The van der Waals surface area contributed by atoms with E-state index in [0.717, 1.165) is 10.5 Å². The maximum atomic E-state index is 13.0. The second-order valence-electron chi connectivity index (χ2n) is 7.02. The van der Waals surface area contributed by atoms with Gasteiger partial charge in [0, 0.05) is 39.9 Å². The number of nitrogens with zero attached hydrogens (tertiary/aromatic N) is 2. The molecule has 4 rings (SSSR count). The number of carbonyl (C=O) groups is 2. The van der Waals surface area contributed by atoms with Gasteiger partial charge in [0.1, 0.15) is 5.25 Å². The van der Waals surface area contributed by atoms with Gasteiger partial charge < -0.3 is 10.6 Å². The molecule has 8 nitrogen and oxygen atoms in total. The lowest BCUT2D eigenvalue weighted by Gasteiger charge is -2.16. The predicted octanol–water partition coefficient (Wildman–Crippen LogP) is 5.78. The van der Waals surface area contributed by atoms with Gasteiger partial charge in [-0.15, -0.1) is 23.1 Å². The Kier molecular flexibility index (Phi) is 7.31. The molecule has 0 saturated heterocycles. The maximum Gasteiger partial charge on any atom is 0.270 e. The van der Waals surface area contributed by atoms with Crippen molar-refractivity contribution in [3.05, 3.63) is 112 Å². The third-order valence-corrected chi connectivity index (χ3v) is 6.64. The molecule has 34 heavy (non-hydrogen) atoms. The molecule has 170 valence electrons. The Hall–Kier alpha value is -4.02.